The molecule has 0 N–H and O–H groups in total. The second-order valence-electron chi connectivity index (χ2n) is 6.14. The fourth-order valence-electron chi connectivity index (χ4n) is 2.90. The Labute approximate surface area is 164 Å². The zero-order valence-electron chi connectivity index (χ0n) is 15.3. The van der Waals surface area contributed by atoms with E-state index < -0.39 is 4.92 Å². The van der Waals surface area contributed by atoms with E-state index in [1.807, 2.05) is 25.1 Å². The van der Waals surface area contributed by atoms with Crippen LogP contribution in [0.4, 0.5) is 5.69 Å². The number of thioether (sulfide) groups is 1. The molecule has 2 heterocycles. The molecule has 0 aliphatic carbocycles. The van der Waals surface area contributed by atoms with E-state index in [0.29, 0.717) is 17.3 Å². The SMILES string of the molecule is CCn1c(SC(C)c2nnc(-c3ccc([N+](=O)[O-])cc3)o2)nc2ccccc21. The van der Waals surface area contributed by atoms with Crippen LogP contribution >= 0.6 is 11.8 Å². The first-order valence-corrected chi connectivity index (χ1v) is 9.65. The molecule has 0 saturated carbocycles. The zero-order valence-corrected chi connectivity index (χ0v) is 16.1. The van der Waals surface area contributed by atoms with E-state index in [-0.39, 0.29) is 10.9 Å². The van der Waals surface area contributed by atoms with Crippen molar-refractivity contribution in [1.82, 2.24) is 19.7 Å². The van der Waals surface area contributed by atoms with E-state index in [1.165, 1.54) is 12.1 Å². The van der Waals surface area contributed by atoms with Gasteiger partial charge in [0.05, 0.1) is 21.2 Å². The monoisotopic (exact) mass is 395 g/mol. The standard InChI is InChI=1S/C19H17N5O3S/c1-3-23-16-7-5-4-6-15(16)20-19(23)28-12(2)17-21-22-18(27-17)13-8-10-14(11-9-13)24(25)26/h4-12H,3H2,1-2H3. The number of imidazole rings is 1. The van der Waals surface area contributed by atoms with E-state index in [4.69, 9.17) is 9.40 Å². The van der Waals surface area contributed by atoms with Crippen molar-refractivity contribution < 1.29 is 9.34 Å². The number of rotatable bonds is 6. The molecule has 8 nitrogen and oxygen atoms in total. The predicted molar refractivity (Wildman–Crippen MR) is 106 cm³/mol. The van der Waals surface area contributed by atoms with Crippen LogP contribution in [-0.4, -0.2) is 24.7 Å². The van der Waals surface area contributed by atoms with Crippen LogP contribution in [0.2, 0.25) is 0 Å². The summed E-state index contributed by atoms with van der Waals surface area (Å²) in [4.78, 5) is 15.0. The summed E-state index contributed by atoms with van der Waals surface area (Å²) in [5, 5.41) is 19.8. The quantitative estimate of drug-likeness (QED) is 0.261. The number of nitrogens with zero attached hydrogens (tertiary/aromatic N) is 5. The topological polar surface area (TPSA) is 99.9 Å². The molecule has 0 saturated heterocycles. The number of para-hydroxylation sites is 2. The molecule has 1 unspecified atom stereocenters. The van der Waals surface area contributed by atoms with Crippen LogP contribution < -0.4 is 0 Å². The first-order chi connectivity index (χ1) is 13.6. The minimum Gasteiger partial charge on any atom is -0.419 e. The highest BCUT2D eigenvalue weighted by atomic mass is 32.2. The number of non-ortho nitro benzene ring substituents is 1. The van der Waals surface area contributed by atoms with Crippen LogP contribution in [0.1, 0.15) is 25.0 Å². The molecular weight excluding hydrogens is 378 g/mol. The summed E-state index contributed by atoms with van der Waals surface area (Å²) in [5.74, 6) is 0.814. The predicted octanol–water partition coefficient (Wildman–Crippen LogP) is 4.87. The van der Waals surface area contributed by atoms with Gasteiger partial charge in [-0.1, -0.05) is 23.9 Å². The van der Waals surface area contributed by atoms with E-state index in [0.717, 1.165) is 22.7 Å². The highest BCUT2D eigenvalue weighted by Gasteiger charge is 2.20. The summed E-state index contributed by atoms with van der Waals surface area (Å²) in [6.07, 6.45) is 0. The van der Waals surface area contributed by atoms with Crippen molar-refractivity contribution in [2.75, 3.05) is 0 Å². The zero-order chi connectivity index (χ0) is 19.7. The average Bonchev–Trinajstić information content (AvgIpc) is 3.32. The van der Waals surface area contributed by atoms with Gasteiger partial charge in [-0.15, -0.1) is 10.2 Å². The van der Waals surface area contributed by atoms with Crippen molar-refractivity contribution in [2.45, 2.75) is 30.8 Å². The average molecular weight is 395 g/mol. The Bertz CT molecular complexity index is 1140. The Balaban J connectivity index is 1.56. The molecule has 142 valence electrons. The molecule has 0 spiro atoms. The summed E-state index contributed by atoms with van der Waals surface area (Å²) < 4.78 is 7.96. The summed E-state index contributed by atoms with van der Waals surface area (Å²) in [6, 6.07) is 14.1. The van der Waals surface area contributed by atoms with Gasteiger partial charge < -0.3 is 8.98 Å². The smallest absolute Gasteiger partial charge is 0.269 e. The fraction of sp³-hybridized carbons (Fsp3) is 0.211. The summed E-state index contributed by atoms with van der Waals surface area (Å²) >= 11 is 1.55. The number of nitro groups is 1. The maximum atomic E-state index is 10.8. The molecule has 0 amide bonds. The number of hydrogen-bond acceptors (Lipinski definition) is 7. The minimum atomic E-state index is -0.443. The van der Waals surface area contributed by atoms with E-state index in [2.05, 4.69) is 27.8 Å². The number of aromatic nitrogens is 4. The Hall–Kier alpha value is -3.20. The van der Waals surface area contributed by atoms with Gasteiger partial charge in [0.1, 0.15) is 0 Å². The maximum Gasteiger partial charge on any atom is 0.269 e. The first kappa shape index (κ1) is 18.2. The lowest BCUT2D eigenvalue weighted by molar-refractivity contribution is -0.384. The Kier molecular flexibility index (Phi) is 4.82. The molecular formula is C19H17N5O3S. The first-order valence-electron chi connectivity index (χ1n) is 8.77. The van der Waals surface area contributed by atoms with Crippen molar-refractivity contribution in [2.24, 2.45) is 0 Å². The van der Waals surface area contributed by atoms with Crippen molar-refractivity contribution in [3.05, 3.63) is 64.5 Å². The van der Waals surface area contributed by atoms with Crippen molar-refractivity contribution >= 4 is 28.5 Å². The number of aryl methyl sites for hydroxylation is 1. The minimum absolute atomic E-state index is 0.0193. The third kappa shape index (κ3) is 3.36. The molecule has 0 bridgehead atoms. The van der Waals surface area contributed by atoms with Crippen LogP contribution in [-0.2, 0) is 6.54 Å². The Morgan fingerprint density at radius 2 is 1.93 bits per heavy atom. The fourth-order valence-corrected chi connectivity index (χ4v) is 3.92. The Morgan fingerprint density at radius 1 is 1.18 bits per heavy atom. The van der Waals surface area contributed by atoms with Gasteiger partial charge in [0, 0.05) is 24.2 Å². The van der Waals surface area contributed by atoms with Crippen molar-refractivity contribution in [3.63, 3.8) is 0 Å². The molecule has 2 aromatic carbocycles. The molecule has 28 heavy (non-hydrogen) atoms. The van der Waals surface area contributed by atoms with Crippen molar-refractivity contribution in [3.8, 4) is 11.5 Å². The molecule has 0 radical (unpaired) electrons. The second-order valence-corrected chi connectivity index (χ2v) is 7.44. The van der Waals surface area contributed by atoms with Crippen molar-refractivity contribution in [1.29, 1.82) is 0 Å². The van der Waals surface area contributed by atoms with E-state index in [9.17, 15) is 10.1 Å². The Morgan fingerprint density at radius 3 is 2.64 bits per heavy atom. The number of nitro benzene ring substituents is 1. The van der Waals surface area contributed by atoms with Gasteiger partial charge in [0.25, 0.3) is 5.69 Å². The third-order valence-corrected chi connectivity index (χ3v) is 5.41. The van der Waals surface area contributed by atoms with Crippen LogP contribution in [0.3, 0.4) is 0 Å². The summed E-state index contributed by atoms with van der Waals surface area (Å²) in [6.45, 7) is 4.88. The molecule has 1 atom stereocenters. The maximum absolute atomic E-state index is 10.8. The molecule has 9 heteroatoms. The van der Waals surface area contributed by atoms with Gasteiger partial charge in [-0.3, -0.25) is 10.1 Å². The van der Waals surface area contributed by atoms with Gasteiger partial charge >= 0.3 is 0 Å². The molecule has 4 rings (SSSR count). The molecule has 0 aliphatic heterocycles. The molecule has 0 fully saturated rings. The third-order valence-electron chi connectivity index (χ3n) is 4.33. The number of benzene rings is 2. The lowest BCUT2D eigenvalue weighted by atomic mass is 10.2. The highest BCUT2D eigenvalue weighted by molar-refractivity contribution is 7.99. The van der Waals surface area contributed by atoms with Gasteiger partial charge in [0.15, 0.2) is 5.16 Å². The van der Waals surface area contributed by atoms with Gasteiger partial charge in [-0.25, -0.2) is 4.98 Å². The lowest BCUT2D eigenvalue weighted by Gasteiger charge is -2.08. The van der Waals surface area contributed by atoms with Gasteiger partial charge in [0.2, 0.25) is 11.8 Å². The largest absolute Gasteiger partial charge is 0.419 e. The van der Waals surface area contributed by atoms with Crippen LogP contribution in [0.25, 0.3) is 22.5 Å². The van der Waals surface area contributed by atoms with E-state index >= 15 is 0 Å². The lowest BCUT2D eigenvalue weighted by Crippen LogP contribution is -1.98. The van der Waals surface area contributed by atoms with Crippen LogP contribution in [0.5, 0.6) is 0 Å². The molecule has 0 aliphatic rings. The number of hydrogen-bond donors (Lipinski definition) is 0. The summed E-state index contributed by atoms with van der Waals surface area (Å²) in [7, 11) is 0. The van der Waals surface area contributed by atoms with Crippen LogP contribution in [0.15, 0.2) is 58.1 Å². The highest BCUT2D eigenvalue weighted by Crippen LogP contribution is 2.36. The molecule has 4 aromatic rings. The van der Waals surface area contributed by atoms with Crippen LogP contribution in [0, 0.1) is 10.1 Å². The normalized spacial score (nSPS) is 12.4. The molecule has 2 aromatic heterocycles. The number of fused-ring (bicyclic) bond motifs is 1. The van der Waals surface area contributed by atoms with E-state index in [1.54, 1.807) is 23.9 Å². The van der Waals surface area contributed by atoms with Gasteiger partial charge in [-0.05, 0) is 38.1 Å². The summed E-state index contributed by atoms with van der Waals surface area (Å²) in [5.41, 5.74) is 2.71. The second kappa shape index (κ2) is 7.43. The van der Waals surface area contributed by atoms with Gasteiger partial charge in [-0.2, -0.15) is 0 Å².